The molecule has 0 aromatic heterocycles. The van der Waals surface area contributed by atoms with Crippen LogP contribution >= 0.6 is 0 Å². The Morgan fingerprint density at radius 2 is 1.94 bits per heavy atom. The molecule has 104 valence electrons. The van der Waals surface area contributed by atoms with E-state index in [1.165, 1.54) is 45.3 Å². The third kappa shape index (κ3) is 2.57. The zero-order chi connectivity index (χ0) is 12.5. The lowest BCUT2D eigenvalue weighted by Crippen LogP contribution is -2.53. The van der Waals surface area contributed by atoms with Crippen molar-refractivity contribution in [3.63, 3.8) is 0 Å². The van der Waals surface area contributed by atoms with Crippen LogP contribution in [0, 0.1) is 0 Å². The summed E-state index contributed by atoms with van der Waals surface area (Å²) in [4.78, 5) is 5.37. The highest BCUT2D eigenvalue weighted by Gasteiger charge is 2.39. The van der Waals surface area contributed by atoms with Gasteiger partial charge in [-0.3, -0.25) is 9.80 Å². The molecule has 0 aromatic rings. The van der Waals surface area contributed by atoms with Crippen LogP contribution in [0.25, 0.3) is 0 Å². The Morgan fingerprint density at radius 1 is 1.11 bits per heavy atom. The van der Waals surface area contributed by atoms with Crippen molar-refractivity contribution in [2.45, 2.75) is 56.3 Å². The summed E-state index contributed by atoms with van der Waals surface area (Å²) in [5, 5.41) is 0. The molecule has 4 nitrogen and oxygen atoms in total. The van der Waals surface area contributed by atoms with Gasteiger partial charge in [0.2, 0.25) is 0 Å². The SMILES string of the molecule is COC1CCN(C2CCN(C3CC3)C2)C(CN)C1. The fourth-order valence-electron chi connectivity index (χ4n) is 3.77. The first-order valence-corrected chi connectivity index (χ1v) is 7.54. The first kappa shape index (κ1) is 12.9. The summed E-state index contributed by atoms with van der Waals surface area (Å²) in [6.07, 6.45) is 6.91. The van der Waals surface area contributed by atoms with Crippen LogP contribution in [0.4, 0.5) is 0 Å². The van der Waals surface area contributed by atoms with Gasteiger partial charge in [0, 0.05) is 51.4 Å². The zero-order valence-electron chi connectivity index (χ0n) is 11.6. The van der Waals surface area contributed by atoms with Crippen LogP contribution < -0.4 is 5.73 Å². The van der Waals surface area contributed by atoms with Gasteiger partial charge in [0.05, 0.1) is 6.10 Å². The van der Waals surface area contributed by atoms with Gasteiger partial charge in [-0.05, 0) is 32.1 Å². The van der Waals surface area contributed by atoms with E-state index in [0.717, 1.165) is 25.0 Å². The molecular weight excluding hydrogens is 226 g/mol. The Labute approximate surface area is 110 Å². The molecule has 3 aliphatic rings. The van der Waals surface area contributed by atoms with Crippen molar-refractivity contribution in [3.8, 4) is 0 Å². The largest absolute Gasteiger partial charge is 0.381 e. The summed E-state index contributed by atoms with van der Waals surface area (Å²) in [5.41, 5.74) is 5.97. The highest BCUT2D eigenvalue weighted by Crippen LogP contribution is 2.33. The molecule has 1 saturated carbocycles. The predicted molar refractivity (Wildman–Crippen MR) is 72.6 cm³/mol. The highest BCUT2D eigenvalue weighted by atomic mass is 16.5. The lowest BCUT2D eigenvalue weighted by atomic mass is 9.97. The molecule has 2 N–H and O–H groups in total. The number of nitrogens with zero attached hydrogens (tertiary/aromatic N) is 2. The van der Waals surface area contributed by atoms with Crippen LogP contribution in [0.1, 0.15) is 32.1 Å². The van der Waals surface area contributed by atoms with Crippen molar-refractivity contribution in [1.29, 1.82) is 0 Å². The molecule has 3 rings (SSSR count). The van der Waals surface area contributed by atoms with Crippen molar-refractivity contribution in [1.82, 2.24) is 9.80 Å². The molecule has 2 saturated heterocycles. The molecule has 3 atom stereocenters. The number of nitrogens with two attached hydrogens (primary N) is 1. The van der Waals surface area contributed by atoms with Crippen molar-refractivity contribution in [3.05, 3.63) is 0 Å². The third-order valence-corrected chi connectivity index (χ3v) is 5.05. The lowest BCUT2D eigenvalue weighted by Gasteiger charge is -2.42. The zero-order valence-corrected chi connectivity index (χ0v) is 11.6. The van der Waals surface area contributed by atoms with Gasteiger partial charge in [-0.15, -0.1) is 0 Å². The predicted octanol–water partition coefficient (Wildman–Crippen LogP) is 0.661. The first-order valence-electron chi connectivity index (χ1n) is 7.54. The van der Waals surface area contributed by atoms with Gasteiger partial charge in [0.15, 0.2) is 0 Å². The van der Waals surface area contributed by atoms with Gasteiger partial charge >= 0.3 is 0 Å². The van der Waals surface area contributed by atoms with Crippen LogP contribution in [0.2, 0.25) is 0 Å². The molecule has 18 heavy (non-hydrogen) atoms. The minimum Gasteiger partial charge on any atom is -0.381 e. The minimum absolute atomic E-state index is 0.427. The van der Waals surface area contributed by atoms with Gasteiger partial charge in [-0.2, -0.15) is 0 Å². The minimum atomic E-state index is 0.427. The van der Waals surface area contributed by atoms with Gasteiger partial charge < -0.3 is 10.5 Å². The summed E-state index contributed by atoms with van der Waals surface area (Å²) >= 11 is 0. The number of piperidine rings is 1. The smallest absolute Gasteiger partial charge is 0.0599 e. The van der Waals surface area contributed by atoms with Gasteiger partial charge in [0.25, 0.3) is 0 Å². The van der Waals surface area contributed by atoms with E-state index in [-0.39, 0.29) is 0 Å². The molecule has 0 aromatic carbocycles. The molecular formula is C14H27N3O. The average molecular weight is 253 g/mol. The number of ether oxygens (including phenoxy) is 1. The van der Waals surface area contributed by atoms with Crippen molar-refractivity contribution >= 4 is 0 Å². The van der Waals surface area contributed by atoms with Crippen molar-refractivity contribution in [2.24, 2.45) is 5.73 Å². The second-order valence-corrected chi connectivity index (χ2v) is 6.18. The Kier molecular flexibility index (Phi) is 3.89. The molecule has 0 radical (unpaired) electrons. The maximum absolute atomic E-state index is 5.97. The van der Waals surface area contributed by atoms with Crippen LogP contribution in [0.3, 0.4) is 0 Å². The standard InChI is InChI=1S/C14H27N3O/c1-18-14-5-7-17(13(8-14)9-15)12-4-6-16(10-12)11-2-3-11/h11-14H,2-10,15H2,1H3. The normalized spacial score (nSPS) is 39.3. The quantitative estimate of drug-likeness (QED) is 0.799. The number of rotatable bonds is 4. The Bertz CT molecular complexity index is 282. The third-order valence-electron chi connectivity index (χ3n) is 5.05. The molecule has 1 aliphatic carbocycles. The molecule has 3 fully saturated rings. The maximum Gasteiger partial charge on any atom is 0.0599 e. The summed E-state index contributed by atoms with van der Waals surface area (Å²) in [6, 6.07) is 2.20. The second-order valence-electron chi connectivity index (χ2n) is 6.18. The van der Waals surface area contributed by atoms with Crippen LogP contribution in [-0.2, 0) is 4.74 Å². The van der Waals surface area contributed by atoms with Crippen molar-refractivity contribution in [2.75, 3.05) is 33.3 Å². The average Bonchev–Trinajstić information content (AvgIpc) is 3.16. The molecule has 2 aliphatic heterocycles. The van der Waals surface area contributed by atoms with Gasteiger partial charge in [-0.25, -0.2) is 0 Å². The molecule has 4 heteroatoms. The van der Waals surface area contributed by atoms with Gasteiger partial charge in [0.1, 0.15) is 0 Å². The lowest BCUT2D eigenvalue weighted by molar-refractivity contribution is -0.00263. The van der Waals surface area contributed by atoms with E-state index < -0.39 is 0 Å². The van der Waals surface area contributed by atoms with E-state index in [4.69, 9.17) is 10.5 Å². The summed E-state index contributed by atoms with van der Waals surface area (Å²) < 4.78 is 5.51. The van der Waals surface area contributed by atoms with E-state index in [9.17, 15) is 0 Å². The maximum atomic E-state index is 5.97. The van der Waals surface area contributed by atoms with E-state index in [2.05, 4.69) is 9.80 Å². The van der Waals surface area contributed by atoms with E-state index >= 15 is 0 Å². The monoisotopic (exact) mass is 253 g/mol. The number of methoxy groups -OCH3 is 1. The fourth-order valence-corrected chi connectivity index (χ4v) is 3.77. The molecule has 0 bridgehead atoms. The Hall–Kier alpha value is -0.160. The topological polar surface area (TPSA) is 41.7 Å². The molecule has 3 unspecified atom stereocenters. The van der Waals surface area contributed by atoms with E-state index in [0.29, 0.717) is 12.1 Å². The summed E-state index contributed by atoms with van der Waals surface area (Å²) in [5.74, 6) is 0. The fraction of sp³-hybridized carbons (Fsp3) is 1.00. The molecule has 0 amide bonds. The summed E-state index contributed by atoms with van der Waals surface area (Å²) in [6.45, 7) is 4.53. The van der Waals surface area contributed by atoms with Crippen LogP contribution in [-0.4, -0.2) is 67.3 Å². The highest BCUT2D eigenvalue weighted by molar-refractivity contribution is 4.96. The van der Waals surface area contributed by atoms with Crippen LogP contribution in [0.5, 0.6) is 0 Å². The van der Waals surface area contributed by atoms with E-state index in [1.807, 2.05) is 7.11 Å². The second kappa shape index (κ2) is 5.45. The first-order chi connectivity index (χ1) is 8.81. The number of hydrogen-bond donors (Lipinski definition) is 1. The van der Waals surface area contributed by atoms with Gasteiger partial charge in [-0.1, -0.05) is 0 Å². The number of hydrogen-bond acceptors (Lipinski definition) is 4. The van der Waals surface area contributed by atoms with E-state index in [1.54, 1.807) is 0 Å². The Balaban J connectivity index is 1.57. The van der Waals surface area contributed by atoms with Crippen molar-refractivity contribution < 1.29 is 4.74 Å². The summed E-state index contributed by atoms with van der Waals surface area (Å²) in [7, 11) is 1.83. The Morgan fingerprint density at radius 3 is 2.61 bits per heavy atom. The molecule has 2 heterocycles. The molecule has 0 spiro atoms. The number of likely N-dealkylation sites (tertiary alicyclic amines) is 2. The van der Waals surface area contributed by atoms with Crippen LogP contribution in [0.15, 0.2) is 0 Å².